The van der Waals surface area contributed by atoms with E-state index in [4.69, 9.17) is 38.9 Å². The lowest BCUT2D eigenvalue weighted by atomic mass is 9.44. The number of carbonyl (C=O) groups excluding carboxylic acids is 12. The first-order valence-corrected chi connectivity index (χ1v) is 34.7. The van der Waals surface area contributed by atoms with E-state index in [1.807, 2.05) is 0 Å². The summed E-state index contributed by atoms with van der Waals surface area (Å²) in [5.41, 5.74) is -3.46. The molecular weight excluding hydrogens is 1350 g/mol. The number of benzene rings is 3. The lowest BCUT2D eigenvalue weighted by Gasteiger charge is -2.67. The lowest BCUT2D eigenvalue weighted by Crippen LogP contribution is -2.82. The highest BCUT2D eigenvalue weighted by Gasteiger charge is 2.79. The molecule has 0 spiro atoms. The fraction of sp³-hybridized carbons (Fsp3) is 0.568. The van der Waals surface area contributed by atoms with Gasteiger partial charge in [0.2, 0.25) is 17.7 Å². The number of primary amides is 1. The molecule has 10 N–H and O–H groups in total. The van der Waals surface area contributed by atoms with Crippen LogP contribution in [0, 0.1) is 28.6 Å². The van der Waals surface area contributed by atoms with Gasteiger partial charge in [-0.15, -0.1) is 0 Å². The van der Waals surface area contributed by atoms with E-state index < -0.39 is 173 Å². The number of hydrogen-bond acceptors (Lipinski definition) is 22. The molecule has 30 nitrogen and oxygen atoms in total. The van der Waals surface area contributed by atoms with E-state index in [0.29, 0.717) is 11.3 Å². The molecule has 3 fully saturated rings. The summed E-state index contributed by atoms with van der Waals surface area (Å²) in [5, 5.41) is 51.9. The zero-order chi connectivity index (χ0) is 77.1. The standard InChI is InChI=1S/C74H100N8O22/c1-40(2)49(84)31-32-53(85)79-55(41(3)4)63(90)78-48(26-21-33-76-66(75)93)62(89)77-47-29-27-44(28-30-47)38-98-68(95)81(13)34-35-82(14)69(96)101-51-36-52-73(39-99-52,103-43(6)83)59-61(102-64(91)46-24-19-16-20-25-46)74(97)37-50(42(5)54(71(74,10)11)57(86)60(88)72(51,59)12)100-65(92)58(87)56(45-22-17-15-18-23-45)80-67(94)104-70(7,8)9/h15-20,22-25,27-30,40-41,48,50-52,55-59,61,86-87,97H,21,26,31-39H2,1-14H3,(H,77,89)(H,78,90)(H,79,85)(H,80,94)(H3,75,76,93)/t48-,50-,51-,52+,55-,56-,57+,58+,59-,61-,72+,73-,74+/m0/s1. The van der Waals surface area contributed by atoms with Crippen molar-refractivity contribution in [1.82, 2.24) is 31.1 Å². The highest BCUT2D eigenvalue weighted by atomic mass is 16.6. The van der Waals surface area contributed by atoms with Crippen LogP contribution < -0.4 is 32.3 Å². The van der Waals surface area contributed by atoms with Gasteiger partial charge in [0.25, 0.3) is 0 Å². The van der Waals surface area contributed by atoms with E-state index in [1.165, 1.54) is 71.0 Å². The maximum Gasteiger partial charge on any atom is 0.409 e. The Morgan fingerprint density at radius 3 is 1.97 bits per heavy atom. The molecule has 0 unspecified atom stereocenters. The summed E-state index contributed by atoms with van der Waals surface area (Å²) in [6.07, 6.45) is -14.6. The van der Waals surface area contributed by atoms with Crippen molar-refractivity contribution >= 4 is 77.2 Å². The van der Waals surface area contributed by atoms with E-state index in [1.54, 1.807) is 109 Å². The average molecular weight is 1450 g/mol. The van der Waals surface area contributed by atoms with Crippen molar-refractivity contribution in [3.63, 3.8) is 0 Å². The first-order chi connectivity index (χ1) is 48.7. The van der Waals surface area contributed by atoms with Gasteiger partial charge in [-0.3, -0.25) is 28.8 Å². The second-order valence-electron chi connectivity index (χ2n) is 29.4. The van der Waals surface area contributed by atoms with Crippen molar-refractivity contribution in [3.8, 4) is 0 Å². The maximum atomic E-state index is 16.1. The minimum atomic E-state index is -2.55. The van der Waals surface area contributed by atoms with Gasteiger partial charge >= 0.3 is 42.2 Å². The van der Waals surface area contributed by atoms with Gasteiger partial charge < -0.3 is 90.6 Å². The molecule has 0 radical (unpaired) electrons. The highest BCUT2D eigenvalue weighted by molar-refractivity contribution is 5.99. The number of fused-ring (bicyclic) bond motifs is 5. The van der Waals surface area contributed by atoms with E-state index in [2.05, 4.69) is 26.6 Å². The molecular formula is C74H100N8O22. The van der Waals surface area contributed by atoms with Crippen molar-refractivity contribution in [2.24, 2.45) is 34.3 Å². The number of aliphatic hydroxyl groups is 3. The Morgan fingerprint density at radius 2 is 1.40 bits per heavy atom. The van der Waals surface area contributed by atoms with E-state index in [-0.39, 0.29) is 92.3 Å². The number of esters is 3. The van der Waals surface area contributed by atoms with Crippen LogP contribution in [0.5, 0.6) is 0 Å². The SMILES string of the molecule is CC(=O)O[C@@]12CO[C@@H]1C[C@H](OC(=O)N(C)CCN(C)C(=O)OCc1ccc(NC(=O)[C@H](CCCNC(N)=O)NC(=O)[C@@H](NC(=O)CCC(=O)C(C)C)C(C)C)cc1)[C@@]1(C)C(=O)[C@H](O)C3=C(C)[C@@H](OC(=O)[C@H](O)[C@@H](NC(=O)OC(C)(C)C)c4ccccc4)C[C@@](O)([C@@H](OC(=O)c4ccccc4)[C@H]21)C3(C)C. The third-order valence-electron chi connectivity index (χ3n) is 19.9. The Kier molecular flexibility index (Phi) is 26.7. The smallest absolute Gasteiger partial charge is 0.409 e. The zero-order valence-electron chi connectivity index (χ0n) is 61.4. The molecule has 3 aromatic carbocycles. The quantitative estimate of drug-likeness (QED) is 0.0184. The number of Topliss-reactive ketones (excluding diaryl/α,β-unsaturated/α-hetero) is 2. The largest absolute Gasteiger partial charge is 0.456 e. The van der Waals surface area contributed by atoms with Crippen molar-refractivity contribution in [1.29, 1.82) is 0 Å². The van der Waals surface area contributed by atoms with E-state index in [0.717, 1.165) is 11.8 Å². The zero-order valence-corrected chi connectivity index (χ0v) is 61.4. The second kappa shape index (κ2) is 33.9. The van der Waals surface area contributed by atoms with Crippen molar-refractivity contribution in [2.75, 3.05) is 45.7 Å². The van der Waals surface area contributed by atoms with Gasteiger partial charge in [0, 0.05) is 83.4 Å². The third-order valence-corrected chi connectivity index (χ3v) is 19.9. The van der Waals surface area contributed by atoms with Crippen LogP contribution in [0.25, 0.3) is 0 Å². The molecule has 30 heteroatoms. The number of likely N-dealkylation sites (N-methyl/N-ethyl adjacent to an activating group) is 2. The number of nitrogens with one attached hydrogen (secondary N) is 5. The summed E-state index contributed by atoms with van der Waals surface area (Å²) in [6, 6.07) is 17.4. The van der Waals surface area contributed by atoms with Crippen LogP contribution in [0.4, 0.5) is 24.9 Å². The molecule has 4 aliphatic rings. The number of anilines is 1. The third kappa shape index (κ3) is 18.9. The highest BCUT2D eigenvalue weighted by Crippen LogP contribution is 2.65. The molecule has 568 valence electrons. The Balaban J connectivity index is 1.09. The number of alkyl carbamates (subject to hydrolysis) is 1. The molecule has 0 aromatic heterocycles. The molecule has 2 bridgehead atoms. The topological polar surface area (TPSA) is 423 Å². The minimum absolute atomic E-state index is 0.00390. The Morgan fingerprint density at radius 1 is 0.788 bits per heavy atom. The van der Waals surface area contributed by atoms with Gasteiger partial charge in [-0.2, -0.15) is 0 Å². The van der Waals surface area contributed by atoms with Crippen LogP contribution in [0.3, 0.4) is 0 Å². The summed E-state index contributed by atoms with van der Waals surface area (Å²) in [7, 11) is 2.76. The Labute approximate surface area is 604 Å². The van der Waals surface area contributed by atoms with E-state index >= 15 is 4.79 Å². The van der Waals surface area contributed by atoms with Crippen LogP contribution in [-0.4, -0.2) is 202 Å². The van der Waals surface area contributed by atoms with Gasteiger partial charge in [-0.25, -0.2) is 28.8 Å². The first-order valence-electron chi connectivity index (χ1n) is 34.7. The van der Waals surface area contributed by atoms with Gasteiger partial charge in [0.05, 0.1) is 29.5 Å². The Hall–Kier alpha value is -9.52. The fourth-order valence-electron chi connectivity index (χ4n) is 13.9. The minimum Gasteiger partial charge on any atom is -0.456 e. The van der Waals surface area contributed by atoms with E-state index in [9.17, 15) is 68.1 Å². The second-order valence-corrected chi connectivity index (χ2v) is 29.4. The number of urea groups is 1. The predicted molar refractivity (Wildman–Crippen MR) is 373 cm³/mol. The van der Waals surface area contributed by atoms with Gasteiger partial charge in [0.15, 0.2) is 17.5 Å². The summed E-state index contributed by atoms with van der Waals surface area (Å²) in [6.45, 7) is 17.7. The number of amides is 8. The summed E-state index contributed by atoms with van der Waals surface area (Å²) >= 11 is 0. The van der Waals surface area contributed by atoms with Crippen LogP contribution in [0.2, 0.25) is 0 Å². The van der Waals surface area contributed by atoms with Gasteiger partial charge in [-0.05, 0) is 99.9 Å². The summed E-state index contributed by atoms with van der Waals surface area (Å²) in [5.74, 6) is -8.60. The average Bonchev–Trinajstić information content (AvgIpc) is 0.668. The summed E-state index contributed by atoms with van der Waals surface area (Å²) in [4.78, 5) is 166. The number of nitrogens with two attached hydrogens (primary N) is 1. The number of aliphatic hydroxyl groups excluding tert-OH is 2. The number of nitrogens with zero attached hydrogens (tertiary/aromatic N) is 2. The molecule has 3 aromatic rings. The van der Waals surface area contributed by atoms with Gasteiger partial charge in [0.1, 0.15) is 66.2 Å². The molecule has 1 saturated heterocycles. The van der Waals surface area contributed by atoms with Crippen LogP contribution in [0.1, 0.15) is 149 Å². The van der Waals surface area contributed by atoms with Crippen LogP contribution in [0.15, 0.2) is 96.1 Å². The number of hydrogen-bond donors (Lipinski definition) is 9. The maximum absolute atomic E-state index is 16.1. The van der Waals surface area contributed by atoms with Crippen LogP contribution >= 0.6 is 0 Å². The summed E-state index contributed by atoms with van der Waals surface area (Å²) < 4.78 is 42.4. The number of ether oxygens (including phenoxy) is 7. The predicted octanol–water partition coefficient (Wildman–Crippen LogP) is 5.62. The lowest BCUT2D eigenvalue weighted by molar-refractivity contribution is -0.345. The molecule has 13 atom stereocenters. The molecule has 7 rings (SSSR count). The molecule has 8 amide bonds. The number of carbonyl (C=O) groups is 12. The number of ketones is 2. The molecule has 104 heavy (non-hydrogen) atoms. The Bertz CT molecular complexity index is 3700. The first kappa shape index (κ1) is 81.8. The van der Waals surface area contributed by atoms with Crippen molar-refractivity contribution < 1.29 is 106 Å². The van der Waals surface area contributed by atoms with Crippen molar-refractivity contribution in [3.05, 3.63) is 113 Å². The fourth-order valence-corrected chi connectivity index (χ4v) is 13.9. The molecule has 3 aliphatic carbocycles. The number of rotatable bonds is 28. The van der Waals surface area contributed by atoms with Crippen LogP contribution in [-0.2, 0) is 73.3 Å². The van der Waals surface area contributed by atoms with Gasteiger partial charge in [-0.1, -0.05) is 102 Å². The molecule has 1 aliphatic heterocycles. The van der Waals surface area contributed by atoms with Crippen molar-refractivity contribution in [2.45, 2.75) is 200 Å². The monoisotopic (exact) mass is 1450 g/mol. The molecule has 1 heterocycles. The normalized spacial score (nSPS) is 24.2. The molecule has 2 saturated carbocycles.